The quantitative estimate of drug-likeness (QED) is 0.736. The maximum atomic E-state index is 12.2. The molecule has 0 saturated carbocycles. The summed E-state index contributed by atoms with van der Waals surface area (Å²) in [4.78, 5) is 12.2. The third-order valence-corrected chi connectivity index (χ3v) is 3.80. The molecule has 0 N–H and O–H groups in total. The van der Waals surface area contributed by atoms with E-state index in [0.29, 0.717) is 6.42 Å². The monoisotopic (exact) mass is 239 g/mol. The number of hydrogen-bond acceptors (Lipinski definition) is 1. The summed E-state index contributed by atoms with van der Waals surface area (Å²) < 4.78 is 2.00. The molecule has 0 saturated heterocycles. The zero-order chi connectivity index (χ0) is 12.7. The van der Waals surface area contributed by atoms with Gasteiger partial charge in [-0.15, -0.1) is 0 Å². The number of fused-ring (bicyclic) bond motifs is 3. The Hall–Kier alpha value is -1.83. The summed E-state index contributed by atoms with van der Waals surface area (Å²) in [7, 11) is 1.98. The molecule has 0 atom stereocenters. The molecule has 2 heteroatoms. The van der Waals surface area contributed by atoms with Crippen LogP contribution in [0.3, 0.4) is 0 Å². The zero-order valence-corrected chi connectivity index (χ0v) is 10.9. The minimum absolute atomic E-state index is 0.232. The van der Waals surface area contributed by atoms with E-state index in [9.17, 15) is 4.79 Å². The Bertz CT molecular complexity index is 622. The van der Waals surface area contributed by atoms with Crippen LogP contribution in [0.25, 0.3) is 11.1 Å². The molecule has 0 unspecified atom stereocenters. The van der Waals surface area contributed by atoms with Gasteiger partial charge in [0.1, 0.15) is 0 Å². The summed E-state index contributed by atoms with van der Waals surface area (Å²) in [5.74, 6) is 0.232. The second-order valence-electron chi connectivity index (χ2n) is 4.92. The fourth-order valence-corrected chi connectivity index (χ4v) is 2.94. The van der Waals surface area contributed by atoms with E-state index in [1.54, 1.807) is 0 Å². The number of ketones is 1. The Kier molecular flexibility index (Phi) is 2.58. The summed E-state index contributed by atoms with van der Waals surface area (Å²) in [6, 6.07) is 8.44. The van der Waals surface area contributed by atoms with Crippen molar-refractivity contribution in [2.24, 2.45) is 7.05 Å². The maximum absolute atomic E-state index is 12.2. The lowest BCUT2D eigenvalue weighted by atomic mass is 9.86. The summed E-state index contributed by atoms with van der Waals surface area (Å²) in [6.07, 6.45) is 4.80. The Labute approximate surface area is 107 Å². The lowest BCUT2D eigenvalue weighted by molar-refractivity contribution is 0.0981. The van der Waals surface area contributed by atoms with Crippen LogP contribution in [0.5, 0.6) is 0 Å². The highest BCUT2D eigenvalue weighted by atomic mass is 16.1. The molecule has 1 aromatic heterocycles. The van der Waals surface area contributed by atoms with Gasteiger partial charge in [-0.2, -0.15) is 0 Å². The van der Waals surface area contributed by atoms with Gasteiger partial charge in [0.05, 0.1) is 5.69 Å². The van der Waals surface area contributed by atoms with Crippen molar-refractivity contribution < 1.29 is 4.79 Å². The molecule has 18 heavy (non-hydrogen) atoms. The minimum Gasteiger partial charge on any atom is -0.347 e. The first-order chi connectivity index (χ1) is 8.72. The Balaban J connectivity index is 2.28. The van der Waals surface area contributed by atoms with E-state index in [1.165, 1.54) is 22.3 Å². The molecule has 2 nitrogen and oxygen atoms in total. The van der Waals surface area contributed by atoms with Crippen molar-refractivity contribution in [1.82, 2.24) is 4.57 Å². The van der Waals surface area contributed by atoms with Gasteiger partial charge in [-0.3, -0.25) is 4.79 Å². The first kappa shape index (κ1) is 11.3. The number of aryl methyl sites for hydroxylation is 3. The van der Waals surface area contributed by atoms with Gasteiger partial charge in [0, 0.05) is 25.2 Å². The van der Waals surface area contributed by atoms with Gasteiger partial charge in [0.2, 0.25) is 0 Å². The first-order valence-corrected chi connectivity index (χ1v) is 6.52. The van der Waals surface area contributed by atoms with E-state index in [1.807, 2.05) is 18.5 Å². The first-order valence-electron chi connectivity index (χ1n) is 6.52. The van der Waals surface area contributed by atoms with Crippen molar-refractivity contribution in [2.75, 3.05) is 0 Å². The van der Waals surface area contributed by atoms with Crippen LogP contribution < -0.4 is 0 Å². The highest BCUT2D eigenvalue weighted by molar-refractivity contribution is 6.02. The molecule has 0 spiro atoms. The Morgan fingerprint density at radius 1 is 1.22 bits per heavy atom. The molecular weight excluding hydrogens is 222 g/mol. The normalized spacial score (nSPS) is 13.0. The molecule has 1 aromatic carbocycles. The van der Waals surface area contributed by atoms with E-state index in [2.05, 4.69) is 30.5 Å². The van der Waals surface area contributed by atoms with Crippen LogP contribution in [0, 0.1) is 0 Å². The minimum atomic E-state index is 0.232. The van der Waals surface area contributed by atoms with Crippen LogP contribution in [0.15, 0.2) is 30.5 Å². The highest BCUT2D eigenvalue weighted by Crippen LogP contribution is 2.37. The molecule has 0 amide bonds. The van der Waals surface area contributed by atoms with Crippen molar-refractivity contribution in [2.45, 2.75) is 26.2 Å². The van der Waals surface area contributed by atoms with Gasteiger partial charge in [0.15, 0.2) is 5.78 Å². The average molecular weight is 239 g/mol. The Morgan fingerprint density at radius 2 is 1.94 bits per heavy atom. The van der Waals surface area contributed by atoms with Crippen molar-refractivity contribution in [3.63, 3.8) is 0 Å². The summed E-state index contributed by atoms with van der Waals surface area (Å²) in [5, 5.41) is 0. The third-order valence-electron chi connectivity index (χ3n) is 3.80. The lowest BCUT2D eigenvalue weighted by Crippen LogP contribution is -2.08. The number of carbonyl (C=O) groups excluding carboxylic acids is 1. The van der Waals surface area contributed by atoms with Crippen molar-refractivity contribution in [3.8, 4) is 11.1 Å². The van der Waals surface area contributed by atoms with Crippen LogP contribution in [-0.2, 0) is 19.9 Å². The molecule has 0 bridgehead atoms. The number of Topliss-reactive ketones (excluding diaryl/α,β-unsaturated/α-hetero) is 1. The average Bonchev–Trinajstić information content (AvgIpc) is 2.74. The Morgan fingerprint density at radius 3 is 2.72 bits per heavy atom. The van der Waals surface area contributed by atoms with Gasteiger partial charge in [-0.05, 0) is 29.5 Å². The van der Waals surface area contributed by atoms with Crippen LogP contribution in [0.4, 0.5) is 0 Å². The number of aromatic nitrogens is 1. The predicted octanol–water partition coefficient (Wildman–Crippen LogP) is 3.38. The van der Waals surface area contributed by atoms with E-state index < -0.39 is 0 Å². The topological polar surface area (TPSA) is 22.0 Å². The fraction of sp³-hybridized carbons (Fsp3) is 0.312. The van der Waals surface area contributed by atoms with Crippen molar-refractivity contribution in [3.05, 3.63) is 47.3 Å². The molecular formula is C16H17NO. The van der Waals surface area contributed by atoms with E-state index in [-0.39, 0.29) is 5.78 Å². The van der Waals surface area contributed by atoms with Gasteiger partial charge < -0.3 is 4.57 Å². The number of carbonyl (C=O) groups is 1. The number of rotatable bonds is 2. The van der Waals surface area contributed by atoms with Gasteiger partial charge >= 0.3 is 0 Å². The van der Waals surface area contributed by atoms with Gasteiger partial charge in [0.25, 0.3) is 0 Å². The van der Waals surface area contributed by atoms with E-state index in [4.69, 9.17) is 0 Å². The molecule has 2 aromatic rings. The van der Waals surface area contributed by atoms with Crippen LogP contribution >= 0.6 is 0 Å². The van der Waals surface area contributed by atoms with Crippen molar-refractivity contribution >= 4 is 5.78 Å². The third kappa shape index (κ3) is 1.52. The second-order valence-corrected chi connectivity index (χ2v) is 4.92. The zero-order valence-electron chi connectivity index (χ0n) is 10.9. The van der Waals surface area contributed by atoms with Crippen LogP contribution in [0.1, 0.15) is 35.0 Å². The largest absolute Gasteiger partial charge is 0.347 e. The predicted molar refractivity (Wildman–Crippen MR) is 72.9 cm³/mol. The molecule has 0 aliphatic heterocycles. The smallest absolute Gasteiger partial charge is 0.179 e. The molecule has 0 fully saturated rings. The lowest BCUT2D eigenvalue weighted by Gasteiger charge is -2.17. The maximum Gasteiger partial charge on any atom is 0.179 e. The molecule has 0 radical (unpaired) electrons. The standard InChI is InChI=1S/C16H17NO/c1-3-14(18)16-15-12(10-17(16)2)9-8-11-6-4-5-7-13(11)15/h4-7,10H,3,8-9H2,1-2H3. The molecule has 3 rings (SSSR count). The summed E-state index contributed by atoms with van der Waals surface area (Å²) in [5.41, 5.74) is 5.97. The summed E-state index contributed by atoms with van der Waals surface area (Å²) >= 11 is 0. The second kappa shape index (κ2) is 4.13. The molecule has 1 heterocycles. The van der Waals surface area contributed by atoms with Gasteiger partial charge in [-0.1, -0.05) is 31.2 Å². The van der Waals surface area contributed by atoms with Crippen LogP contribution in [-0.4, -0.2) is 10.4 Å². The SMILES string of the molecule is CCC(=O)c1c2c(cn1C)CCc1ccccc1-2. The van der Waals surface area contributed by atoms with E-state index in [0.717, 1.165) is 18.5 Å². The number of benzene rings is 1. The molecule has 1 aliphatic carbocycles. The van der Waals surface area contributed by atoms with Gasteiger partial charge in [-0.25, -0.2) is 0 Å². The highest BCUT2D eigenvalue weighted by Gasteiger charge is 2.24. The number of nitrogens with zero attached hydrogens (tertiary/aromatic N) is 1. The van der Waals surface area contributed by atoms with E-state index >= 15 is 0 Å². The van der Waals surface area contributed by atoms with Crippen molar-refractivity contribution in [1.29, 1.82) is 0 Å². The van der Waals surface area contributed by atoms with Crippen LogP contribution in [0.2, 0.25) is 0 Å². The molecule has 1 aliphatic rings. The fourth-order valence-electron chi connectivity index (χ4n) is 2.94. The number of hydrogen-bond donors (Lipinski definition) is 0. The summed E-state index contributed by atoms with van der Waals surface area (Å²) in [6.45, 7) is 1.93. The molecule has 92 valence electrons.